The standard InChI is InChI=1S/C9H20.C9H19.C8H18.Y/c1-7(2)9(5,6)8(3)4;1-6-9(7(2)3)8(4)5;1-6(2)8(5)7(3)4;/h7-8H,1-6H3;6-9H,1-5H3;6-8H,1-5H3;/q;-1;;. The molecule has 1 heteroatoms. The van der Waals surface area contributed by atoms with E-state index < -0.39 is 0 Å². The third kappa shape index (κ3) is 17.7. The van der Waals surface area contributed by atoms with Gasteiger partial charge in [0.1, 0.15) is 0 Å². The average Bonchev–Trinajstić information content (AvgIpc) is 2.46. The first kappa shape index (κ1) is 35.5. The molecule has 0 aliphatic rings. The van der Waals surface area contributed by atoms with Crippen molar-refractivity contribution in [2.24, 2.45) is 52.8 Å². The predicted octanol–water partition coefficient (Wildman–Crippen LogP) is 9.40. The van der Waals surface area contributed by atoms with Crippen LogP contribution < -0.4 is 0 Å². The minimum atomic E-state index is 0. The summed E-state index contributed by atoms with van der Waals surface area (Å²) < 4.78 is 0. The van der Waals surface area contributed by atoms with Crippen molar-refractivity contribution >= 4 is 0 Å². The van der Waals surface area contributed by atoms with E-state index in [9.17, 15) is 0 Å². The van der Waals surface area contributed by atoms with Crippen LogP contribution in [-0.4, -0.2) is 0 Å². The van der Waals surface area contributed by atoms with Gasteiger partial charge in [-0.05, 0) is 35.0 Å². The van der Waals surface area contributed by atoms with Gasteiger partial charge in [0, 0.05) is 32.7 Å². The summed E-state index contributed by atoms with van der Waals surface area (Å²) in [5, 5.41) is 0. The van der Waals surface area contributed by atoms with Gasteiger partial charge in [-0.15, -0.1) is 0 Å². The van der Waals surface area contributed by atoms with Crippen LogP contribution in [0.4, 0.5) is 0 Å². The van der Waals surface area contributed by atoms with Crippen LogP contribution >= 0.6 is 0 Å². The van der Waals surface area contributed by atoms with E-state index in [0.717, 1.165) is 47.3 Å². The first-order valence-corrected chi connectivity index (χ1v) is 11.3. The molecule has 0 rings (SSSR count). The SMILES string of the molecule is CC(C)C(C)(C)C(C)C.CC(C)C(C)C(C)C.C[CH-]C(C(C)C)C(C)C.[Y]. The van der Waals surface area contributed by atoms with E-state index in [1.54, 1.807) is 0 Å². The summed E-state index contributed by atoms with van der Waals surface area (Å²) in [6.45, 7) is 36.6. The third-order valence-corrected chi connectivity index (χ3v) is 7.00. The minimum Gasteiger partial charge on any atom is -0.328 e. The van der Waals surface area contributed by atoms with Crippen LogP contribution in [-0.2, 0) is 32.7 Å². The van der Waals surface area contributed by atoms with Gasteiger partial charge in [0.05, 0.1) is 0 Å². The summed E-state index contributed by atoms with van der Waals surface area (Å²) in [6.07, 6.45) is 2.31. The molecule has 0 spiro atoms. The fourth-order valence-corrected chi connectivity index (χ4v) is 2.98. The second-order valence-corrected chi connectivity index (χ2v) is 10.9. The normalized spacial score (nSPS) is 12.0. The summed E-state index contributed by atoms with van der Waals surface area (Å²) >= 11 is 0. The van der Waals surface area contributed by atoms with Gasteiger partial charge in [-0.3, -0.25) is 0 Å². The van der Waals surface area contributed by atoms with E-state index in [0.29, 0.717) is 5.41 Å². The Morgan fingerprint density at radius 2 is 0.778 bits per heavy atom. The molecule has 0 saturated carbocycles. The maximum absolute atomic E-state index is 2.34. The van der Waals surface area contributed by atoms with Gasteiger partial charge >= 0.3 is 0 Å². The molecule has 0 aliphatic heterocycles. The Balaban J connectivity index is -0.000000145. The Kier molecular flexibility index (Phi) is 23.6. The summed E-state index contributed by atoms with van der Waals surface area (Å²) in [7, 11) is 0. The molecule has 0 aliphatic carbocycles. The van der Waals surface area contributed by atoms with E-state index in [4.69, 9.17) is 0 Å². The molecule has 0 saturated heterocycles. The molecular weight excluding hydrogens is 401 g/mol. The van der Waals surface area contributed by atoms with Crippen LogP contribution in [0, 0.1) is 59.2 Å². The zero-order valence-corrected chi connectivity index (χ0v) is 25.1. The van der Waals surface area contributed by atoms with Crippen molar-refractivity contribution in [2.75, 3.05) is 0 Å². The van der Waals surface area contributed by atoms with Gasteiger partial charge in [-0.25, -0.2) is 0 Å². The molecule has 165 valence electrons. The van der Waals surface area contributed by atoms with E-state index in [-0.39, 0.29) is 32.7 Å². The molecule has 0 unspecified atom stereocenters. The van der Waals surface area contributed by atoms with E-state index in [2.05, 4.69) is 117 Å². The molecular formula is C26H57Y-. The first-order valence-electron chi connectivity index (χ1n) is 11.3. The molecule has 1 radical (unpaired) electrons. The van der Waals surface area contributed by atoms with Crippen molar-refractivity contribution in [3.8, 4) is 0 Å². The maximum Gasteiger partial charge on any atom is 0 e. The summed E-state index contributed by atoms with van der Waals surface area (Å²) in [5.41, 5.74) is 0.500. The summed E-state index contributed by atoms with van der Waals surface area (Å²) in [4.78, 5) is 0. The second-order valence-electron chi connectivity index (χ2n) is 10.9. The van der Waals surface area contributed by atoms with Crippen molar-refractivity contribution < 1.29 is 32.7 Å². The van der Waals surface area contributed by atoms with Crippen LogP contribution in [0.1, 0.15) is 111 Å². The molecule has 0 aromatic rings. The van der Waals surface area contributed by atoms with E-state index in [1.165, 1.54) is 0 Å². The van der Waals surface area contributed by atoms with Crippen molar-refractivity contribution in [2.45, 2.75) is 111 Å². The van der Waals surface area contributed by atoms with E-state index in [1.807, 2.05) is 0 Å². The molecule has 0 aromatic heterocycles. The minimum absolute atomic E-state index is 0. The Hall–Kier alpha value is 1.10. The smallest absolute Gasteiger partial charge is 0 e. The van der Waals surface area contributed by atoms with Gasteiger partial charge in [-0.2, -0.15) is 12.8 Å². The van der Waals surface area contributed by atoms with Crippen molar-refractivity contribution in [3.05, 3.63) is 6.42 Å². The molecule has 0 amide bonds. The Labute approximate surface area is 201 Å². The molecule has 0 atom stereocenters. The van der Waals surface area contributed by atoms with Gasteiger partial charge in [0.2, 0.25) is 0 Å². The summed E-state index contributed by atoms with van der Waals surface area (Å²) in [6, 6.07) is 0. The monoisotopic (exact) mass is 458 g/mol. The molecule has 0 N–H and O–H groups in total. The van der Waals surface area contributed by atoms with Crippen molar-refractivity contribution in [1.82, 2.24) is 0 Å². The summed E-state index contributed by atoms with van der Waals surface area (Å²) in [5.74, 6) is 6.53. The Bertz CT molecular complexity index is 271. The molecule has 0 fully saturated rings. The van der Waals surface area contributed by atoms with Crippen molar-refractivity contribution in [3.63, 3.8) is 0 Å². The first-order chi connectivity index (χ1) is 11.5. The van der Waals surface area contributed by atoms with Crippen molar-refractivity contribution in [1.29, 1.82) is 0 Å². The Morgan fingerprint density at radius 1 is 0.519 bits per heavy atom. The molecule has 0 heterocycles. The Morgan fingerprint density at radius 3 is 0.778 bits per heavy atom. The average molecular weight is 459 g/mol. The topological polar surface area (TPSA) is 0 Å². The van der Waals surface area contributed by atoms with E-state index >= 15 is 0 Å². The van der Waals surface area contributed by atoms with Gasteiger partial charge in [0.25, 0.3) is 0 Å². The van der Waals surface area contributed by atoms with Gasteiger partial charge in [-0.1, -0.05) is 116 Å². The van der Waals surface area contributed by atoms with Crippen LogP contribution in [0.2, 0.25) is 0 Å². The van der Waals surface area contributed by atoms with Crippen LogP contribution in [0.25, 0.3) is 0 Å². The maximum atomic E-state index is 2.34. The van der Waals surface area contributed by atoms with Crippen LogP contribution in [0.15, 0.2) is 0 Å². The third-order valence-electron chi connectivity index (χ3n) is 7.00. The van der Waals surface area contributed by atoms with Crippen LogP contribution in [0.5, 0.6) is 0 Å². The molecule has 0 aromatic carbocycles. The quantitative estimate of drug-likeness (QED) is 0.333. The molecule has 0 bridgehead atoms. The zero-order valence-electron chi connectivity index (χ0n) is 22.3. The zero-order chi connectivity index (χ0) is 21.8. The van der Waals surface area contributed by atoms with Gasteiger partial charge < -0.3 is 6.42 Å². The molecule has 0 nitrogen and oxygen atoms in total. The fourth-order valence-electron chi connectivity index (χ4n) is 2.98. The number of hydrogen-bond acceptors (Lipinski definition) is 0. The molecule has 27 heavy (non-hydrogen) atoms. The number of hydrogen-bond donors (Lipinski definition) is 0. The van der Waals surface area contributed by atoms with Crippen LogP contribution in [0.3, 0.4) is 0 Å². The van der Waals surface area contributed by atoms with Gasteiger partial charge in [0.15, 0.2) is 0 Å². The second kappa shape index (κ2) is 17.9. The predicted molar refractivity (Wildman–Crippen MR) is 125 cm³/mol. The number of rotatable bonds is 7. The largest absolute Gasteiger partial charge is 0.328 e. The fraction of sp³-hybridized carbons (Fsp3) is 0.962.